The van der Waals surface area contributed by atoms with Crippen LogP contribution in [0.2, 0.25) is 0 Å². The minimum absolute atomic E-state index is 0.368. The van der Waals surface area contributed by atoms with Gasteiger partial charge < -0.3 is 11.1 Å². The van der Waals surface area contributed by atoms with Crippen molar-refractivity contribution in [1.82, 2.24) is 15.3 Å². The predicted molar refractivity (Wildman–Crippen MR) is 55.9 cm³/mol. The summed E-state index contributed by atoms with van der Waals surface area (Å²) in [6, 6.07) is 2.49. The topological polar surface area (TPSA) is 63.8 Å². The van der Waals surface area contributed by atoms with Crippen LogP contribution in [-0.4, -0.2) is 22.6 Å². The maximum absolute atomic E-state index is 5.55. The molecule has 0 aromatic carbocycles. The molecule has 0 radical (unpaired) electrons. The Morgan fingerprint density at radius 3 is 3.14 bits per heavy atom. The molecule has 0 saturated carbocycles. The molecule has 2 rings (SSSR count). The third-order valence-corrected chi connectivity index (χ3v) is 2.86. The fourth-order valence-corrected chi connectivity index (χ4v) is 1.99. The van der Waals surface area contributed by atoms with Gasteiger partial charge in [-0.2, -0.15) is 0 Å². The molecule has 0 unspecified atom stereocenters. The Hall–Kier alpha value is -1.16. The zero-order chi connectivity index (χ0) is 9.97. The van der Waals surface area contributed by atoms with Crippen LogP contribution in [0.25, 0.3) is 0 Å². The Morgan fingerprint density at radius 1 is 1.64 bits per heavy atom. The van der Waals surface area contributed by atoms with Gasteiger partial charge >= 0.3 is 0 Å². The van der Waals surface area contributed by atoms with Gasteiger partial charge in [-0.1, -0.05) is 6.92 Å². The molecule has 1 fully saturated rings. The first-order chi connectivity index (χ1) is 6.77. The summed E-state index contributed by atoms with van der Waals surface area (Å²) in [5.74, 6) is 0.787. The third kappa shape index (κ3) is 1.85. The van der Waals surface area contributed by atoms with Gasteiger partial charge in [0.05, 0.1) is 5.69 Å². The molecule has 4 nitrogen and oxygen atoms in total. The van der Waals surface area contributed by atoms with Crippen LogP contribution in [0.4, 0.5) is 5.95 Å². The average Bonchev–Trinajstić information content (AvgIpc) is 2.69. The second kappa shape index (κ2) is 3.92. The normalized spacial score (nSPS) is 23.6. The molecule has 1 aromatic rings. The number of anilines is 1. The van der Waals surface area contributed by atoms with E-state index in [1.165, 1.54) is 12.8 Å². The number of rotatable bonds is 2. The summed E-state index contributed by atoms with van der Waals surface area (Å²) < 4.78 is 0. The monoisotopic (exact) mass is 192 g/mol. The fourth-order valence-electron chi connectivity index (χ4n) is 1.99. The Morgan fingerprint density at radius 2 is 2.50 bits per heavy atom. The lowest BCUT2D eigenvalue weighted by molar-refractivity contribution is 0.508. The van der Waals surface area contributed by atoms with E-state index in [4.69, 9.17) is 5.73 Å². The van der Waals surface area contributed by atoms with Crippen molar-refractivity contribution in [3.63, 3.8) is 0 Å². The van der Waals surface area contributed by atoms with Gasteiger partial charge in [0.1, 0.15) is 0 Å². The number of hydrogen-bond acceptors (Lipinski definition) is 4. The molecule has 0 amide bonds. The van der Waals surface area contributed by atoms with Gasteiger partial charge in [0.25, 0.3) is 0 Å². The average molecular weight is 192 g/mol. The van der Waals surface area contributed by atoms with Crippen molar-refractivity contribution < 1.29 is 0 Å². The van der Waals surface area contributed by atoms with E-state index in [9.17, 15) is 0 Å². The highest BCUT2D eigenvalue weighted by atomic mass is 15.0. The number of nitrogen functional groups attached to an aromatic ring is 1. The van der Waals surface area contributed by atoms with E-state index >= 15 is 0 Å². The van der Waals surface area contributed by atoms with Crippen molar-refractivity contribution >= 4 is 5.95 Å². The van der Waals surface area contributed by atoms with Gasteiger partial charge in [-0.15, -0.1) is 0 Å². The first-order valence-electron chi connectivity index (χ1n) is 5.09. The number of nitrogens with two attached hydrogens (primary N) is 1. The van der Waals surface area contributed by atoms with E-state index in [2.05, 4.69) is 22.2 Å². The number of hydrogen-bond donors (Lipinski definition) is 2. The number of nitrogens with zero attached hydrogens (tertiary/aromatic N) is 2. The van der Waals surface area contributed by atoms with E-state index in [1.807, 2.05) is 6.07 Å². The standard InChI is InChI=1S/C10H16N4/c1-7(8-3-2-5-12-8)9-4-6-13-10(11)14-9/h4,6-8,12H,2-3,5H2,1H3,(H2,11,13,14)/t7-,8+/m0/s1. The molecule has 0 spiro atoms. The number of nitrogens with one attached hydrogen (secondary N) is 1. The zero-order valence-corrected chi connectivity index (χ0v) is 8.40. The Balaban J connectivity index is 2.13. The van der Waals surface area contributed by atoms with E-state index < -0.39 is 0 Å². The van der Waals surface area contributed by atoms with Crippen molar-refractivity contribution in [2.75, 3.05) is 12.3 Å². The lowest BCUT2D eigenvalue weighted by Gasteiger charge is -2.18. The molecule has 76 valence electrons. The highest BCUT2D eigenvalue weighted by Crippen LogP contribution is 2.23. The second-order valence-electron chi connectivity index (χ2n) is 3.83. The van der Waals surface area contributed by atoms with Crippen LogP contribution in [0.15, 0.2) is 12.3 Å². The molecule has 2 heterocycles. The first kappa shape index (κ1) is 9.40. The molecule has 0 bridgehead atoms. The number of aromatic nitrogens is 2. The van der Waals surface area contributed by atoms with E-state index in [0.717, 1.165) is 12.2 Å². The third-order valence-electron chi connectivity index (χ3n) is 2.86. The van der Waals surface area contributed by atoms with Crippen LogP contribution >= 0.6 is 0 Å². The Labute approximate surface area is 83.9 Å². The maximum Gasteiger partial charge on any atom is 0.220 e. The van der Waals surface area contributed by atoms with Gasteiger partial charge in [0.2, 0.25) is 5.95 Å². The second-order valence-corrected chi connectivity index (χ2v) is 3.83. The molecule has 4 heteroatoms. The van der Waals surface area contributed by atoms with Crippen LogP contribution in [0.1, 0.15) is 31.4 Å². The van der Waals surface area contributed by atoms with Gasteiger partial charge in [-0.25, -0.2) is 9.97 Å². The molecule has 1 saturated heterocycles. The first-order valence-corrected chi connectivity index (χ1v) is 5.09. The molecule has 1 aromatic heterocycles. The molecule has 14 heavy (non-hydrogen) atoms. The fraction of sp³-hybridized carbons (Fsp3) is 0.600. The summed E-state index contributed by atoms with van der Waals surface area (Å²) in [6.45, 7) is 3.31. The largest absolute Gasteiger partial charge is 0.368 e. The van der Waals surface area contributed by atoms with Crippen molar-refractivity contribution in [1.29, 1.82) is 0 Å². The molecular weight excluding hydrogens is 176 g/mol. The van der Waals surface area contributed by atoms with E-state index in [0.29, 0.717) is 17.9 Å². The molecule has 3 N–H and O–H groups in total. The van der Waals surface area contributed by atoms with Crippen LogP contribution in [0.3, 0.4) is 0 Å². The van der Waals surface area contributed by atoms with Crippen molar-refractivity contribution in [2.45, 2.75) is 31.7 Å². The van der Waals surface area contributed by atoms with Crippen molar-refractivity contribution in [3.05, 3.63) is 18.0 Å². The maximum atomic E-state index is 5.55. The zero-order valence-electron chi connectivity index (χ0n) is 8.40. The van der Waals surface area contributed by atoms with Gasteiger partial charge in [-0.3, -0.25) is 0 Å². The minimum Gasteiger partial charge on any atom is -0.368 e. The van der Waals surface area contributed by atoms with E-state index in [1.54, 1.807) is 6.20 Å². The molecule has 1 aliphatic rings. The Bertz CT molecular complexity index is 307. The van der Waals surface area contributed by atoms with Crippen LogP contribution in [0.5, 0.6) is 0 Å². The van der Waals surface area contributed by atoms with Crippen molar-refractivity contribution in [2.24, 2.45) is 0 Å². The summed E-state index contributed by atoms with van der Waals surface area (Å²) in [7, 11) is 0. The van der Waals surface area contributed by atoms with Gasteiger partial charge in [-0.05, 0) is 25.5 Å². The van der Waals surface area contributed by atoms with Gasteiger partial charge in [0.15, 0.2) is 0 Å². The smallest absolute Gasteiger partial charge is 0.220 e. The summed E-state index contributed by atoms with van der Waals surface area (Å²) in [5.41, 5.74) is 6.59. The molecular formula is C10H16N4. The quantitative estimate of drug-likeness (QED) is 0.731. The molecule has 0 aliphatic carbocycles. The minimum atomic E-state index is 0.368. The predicted octanol–water partition coefficient (Wildman–Crippen LogP) is 0.914. The SMILES string of the molecule is C[C@H](c1ccnc(N)n1)[C@H]1CCCN1. The molecule has 1 aliphatic heterocycles. The molecule has 2 atom stereocenters. The summed E-state index contributed by atoms with van der Waals surface area (Å²) in [5, 5.41) is 3.47. The summed E-state index contributed by atoms with van der Waals surface area (Å²) in [6.07, 6.45) is 4.21. The summed E-state index contributed by atoms with van der Waals surface area (Å²) >= 11 is 0. The highest BCUT2D eigenvalue weighted by Gasteiger charge is 2.23. The summed E-state index contributed by atoms with van der Waals surface area (Å²) in [4.78, 5) is 8.14. The van der Waals surface area contributed by atoms with Crippen LogP contribution < -0.4 is 11.1 Å². The van der Waals surface area contributed by atoms with Crippen LogP contribution in [0, 0.1) is 0 Å². The lowest BCUT2D eigenvalue weighted by atomic mass is 9.97. The highest BCUT2D eigenvalue weighted by molar-refractivity contribution is 5.20. The van der Waals surface area contributed by atoms with Crippen molar-refractivity contribution in [3.8, 4) is 0 Å². The van der Waals surface area contributed by atoms with Gasteiger partial charge in [0, 0.05) is 18.2 Å². The lowest BCUT2D eigenvalue weighted by Crippen LogP contribution is -2.27. The Kier molecular flexibility index (Phi) is 2.63. The van der Waals surface area contributed by atoms with E-state index in [-0.39, 0.29) is 0 Å². The van der Waals surface area contributed by atoms with Crippen LogP contribution in [-0.2, 0) is 0 Å².